The molecular formula is C13H16ClN3. The van der Waals surface area contributed by atoms with Gasteiger partial charge in [-0.1, -0.05) is 24.6 Å². The molecule has 0 saturated heterocycles. The average Bonchev–Trinajstić information content (AvgIpc) is 2.71. The normalized spacial score (nSPS) is 10.7. The second kappa shape index (κ2) is 5.23. The van der Waals surface area contributed by atoms with Crippen molar-refractivity contribution in [3.05, 3.63) is 47.0 Å². The summed E-state index contributed by atoms with van der Waals surface area (Å²) in [5.41, 5.74) is 7.43. The number of aryl methyl sites for hydroxylation is 1. The van der Waals surface area contributed by atoms with E-state index in [1.54, 1.807) is 6.07 Å². The first kappa shape index (κ1) is 12.0. The number of nitrogens with two attached hydrogens (primary N) is 1. The first-order valence-corrected chi connectivity index (χ1v) is 6.12. The van der Waals surface area contributed by atoms with E-state index in [-0.39, 0.29) is 0 Å². The predicted octanol–water partition coefficient (Wildman–Crippen LogP) is 3.12. The van der Waals surface area contributed by atoms with Gasteiger partial charge in [-0.2, -0.15) is 0 Å². The van der Waals surface area contributed by atoms with Gasteiger partial charge >= 0.3 is 0 Å². The molecule has 0 aliphatic carbocycles. The number of nitrogens with zero attached hydrogens (tertiary/aromatic N) is 2. The number of aromatic nitrogens is 2. The fraction of sp³-hybridized carbons (Fsp3) is 0.308. The van der Waals surface area contributed by atoms with Crippen molar-refractivity contribution in [3.8, 4) is 0 Å². The average molecular weight is 250 g/mol. The molecule has 3 nitrogen and oxygen atoms in total. The highest BCUT2D eigenvalue weighted by molar-refractivity contribution is 6.31. The highest BCUT2D eigenvalue weighted by Crippen LogP contribution is 2.20. The first-order valence-electron chi connectivity index (χ1n) is 5.74. The van der Waals surface area contributed by atoms with E-state index < -0.39 is 0 Å². The highest BCUT2D eigenvalue weighted by Gasteiger charge is 2.05. The topological polar surface area (TPSA) is 43.8 Å². The zero-order valence-corrected chi connectivity index (χ0v) is 10.6. The Morgan fingerprint density at radius 2 is 2.24 bits per heavy atom. The van der Waals surface area contributed by atoms with E-state index >= 15 is 0 Å². The van der Waals surface area contributed by atoms with E-state index in [1.807, 2.05) is 24.5 Å². The highest BCUT2D eigenvalue weighted by atomic mass is 35.5. The maximum Gasteiger partial charge on any atom is 0.108 e. The van der Waals surface area contributed by atoms with E-state index in [4.69, 9.17) is 17.3 Å². The summed E-state index contributed by atoms with van der Waals surface area (Å²) in [5.74, 6) is 1.10. The molecule has 0 unspecified atom stereocenters. The molecule has 17 heavy (non-hydrogen) atoms. The van der Waals surface area contributed by atoms with Crippen LogP contribution in [-0.2, 0) is 13.0 Å². The van der Waals surface area contributed by atoms with Crippen LogP contribution in [0.3, 0.4) is 0 Å². The van der Waals surface area contributed by atoms with Crippen LogP contribution in [0.2, 0.25) is 5.02 Å². The van der Waals surface area contributed by atoms with E-state index in [1.165, 1.54) is 0 Å². The van der Waals surface area contributed by atoms with Crippen LogP contribution >= 0.6 is 11.6 Å². The summed E-state index contributed by atoms with van der Waals surface area (Å²) >= 11 is 6.16. The summed E-state index contributed by atoms with van der Waals surface area (Å²) in [6.07, 6.45) is 5.89. The molecule has 0 amide bonds. The minimum absolute atomic E-state index is 0.693. The molecule has 1 aromatic carbocycles. The van der Waals surface area contributed by atoms with Gasteiger partial charge in [-0.3, -0.25) is 0 Å². The van der Waals surface area contributed by atoms with E-state index in [2.05, 4.69) is 16.5 Å². The molecule has 0 aliphatic heterocycles. The molecule has 0 radical (unpaired) electrons. The van der Waals surface area contributed by atoms with Crippen LogP contribution in [0, 0.1) is 0 Å². The Balaban J connectivity index is 2.22. The third-order valence-corrected chi connectivity index (χ3v) is 3.04. The summed E-state index contributed by atoms with van der Waals surface area (Å²) in [7, 11) is 0. The minimum atomic E-state index is 0.693. The van der Waals surface area contributed by atoms with Crippen LogP contribution in [-0.4, -0.2) is 9.55 Å². The van der Waals surface area contributed by atoms with Crippen LogP contribution in [0.1, 0.15) is 24.7 Å². The lowest BCUT2D eigenvalue weighted by molar-refractivity contribution is 0.705. The van der Waals surface area contributed by atoms with Crippen molar-refractivity contribution in [2.75, 3.05) is 5.73 Å². The molecule has 2 rings (SSSR count). The second-order valence-electron chi connectivity index (χ2n) is 4.07. The molecular weight excluding hydrogens is 234 g/mol. The van der Waals surface area contributed by atoms with Gasteiger partial charge in [-0.15, -0.1) is 0 Å². The summed E-state index contributed by atoms with van der Waals surface area (Å²) in [6, 6.07) is 5.62. The summed E-state index contributed by atoms with van der Waals surface area (Å²) in [6.45, 7) is 2.89. The number of halogens is 1. The molecule has 1 heterocycles. The van der Waals surface area contributed by atoms with Gasteiger partial charge in [0.2, 0.25) is 0 Å². The largest absolute Gasteiger partial charge is 0.399 e. The van der Waals surface area contributed by atoms with E-state index in [0.717, 1.165) is 30.8 Å². The van der Waals surface area contributed by atoms with Gasteiger partial charge in [0.05, 0.1) is 6.54 Å². The fourth-order valence-electron chi connectivity index (χ4n) is 1.81. The van der Waals surface area contributed by atoms with Crippen molar-refractivity contribution in [3.63, 3.8) is 0 Å². The smallest absolute Gasteiger partial charge is 0.108 e. The molecule has 4 heteroatoms. The molecule has 90 valence electrons. The van der Waals surface area contributed by atoms with Crippen LogP contribution in [0.5, 0.6) is 0 Å². The Kier molecular flexibility index (Phi) is 3.69. The Morgan fingerprint density at radius 1 is 1.41 bits per heavy atom. The van der Waals surface area contributed by atoms with Crippen LogP contribution < -0.4 is 5.73 Å². The van der Waals surface area contributed by atoms with E-state index in [9.17, 15) is 0 Å². The zero-order chi connectivity index (χ0) is 12.3. The third-order valence-electron chi connectivity index (χ3n) is 2.69. The third kappa shape index (κ3) is 2.80. The van der Waals surface area contributed by atoms with Gasteiger partial charge in [0, 0.05) is 29.5 Å². The quantitative estimate of drug-likeness (QED) is 0.846. The van der Waals surface area contributed by atoms with Crippen molar-refractivity contribution in [2.45, 2.75) is 26.3 Å². The second-order valence-corrected chi connectivity index (χ2v) is 4.48. The van der Waals surface area contributed by atoms with Crippen molar-refractivity contribution in [1.82, 2.24) is 9.55 Å². The fourth-order valence-corrected chi connectivity index (χ4v) is 2.06. The summed E-state index contributed by atoms with van der Waals surface area (Å²) < 4.78 is 2.13. The van der Waals surface area contributed by atoms with Gasteiger partial charge < -0.3 is 10.3 Å². The standard InChI is InChI=1S/C13H16ClN3/c1-2-3-13-16-6-7-17(13)9-10-4-5-11(15)8-12(10)14/h4-8H,2-3,9,15H2,1H3. The molecule has 0 spiro atoms. The predicted molar refractivity (Wildman–Crippen MR) is 71.2 cm³/mol. The Bertz CT molecular complexity index is 505. The van der Waals surface area contributed by atoms with Gasteiger partial charge in [0.1, 0.15) is 5.82 Å². The SMILES string of the molecule is CCCc1nccn1Cc1ccc(N)cc1Cl. The van der Waals surface area contributed by atoms with Gasteiger partial charge in [0.25, 0.3) is 0 Å². The van der Waals surface area contributed by atoms with Crippen LogP contribution in [0.25, 0.3) is 0 Å². The first-order chi connectivity index (χ1) is 8.20. The van der Waals surface area contributed by atoms with Crippen LogP contribution in [0.4, 0.5) is 5.69 Å². The number of imidazole rings is 1. The van der Waals surface area contributed by atoms with Gasteiger partial charge in [-0.25, -0.2) is 4.98 Å². The molecule has 0 aliphatic rings. The molecule has 2 N–H and O–H groups in total. The maximum atomic E-state index is 6.16. The lowest BCUT2D eigenvalue weighted by atomic mass is 10.2. The molecule has 1 aromatic heterocycles. The monoisotopic (exact) mass is 249 g/mol. The molecule has 0 atom stereocenters. The Labute approximate surface area is 106 Å². The van der Waals surface area contributed by atoms with Crippen LogP contribution in [0.15, 0.2) is 30.6 Å². The number of nitrogen functional groups attached to an aromatic ring is 1. The number of benzene rings is 1. The lowest BCUT2D eigenvalue weighted by Crippen LogP contribution is -2.04. The minimum Gasteiger partial charge on any atom is -0.399 e. The molecule has 2 aromatic rings. The number of hydrogen-bond acceptors (Lipinski definition) is 2. The van der Waals surface area contributed by atoms with Gasteiger partial charge in [0.15, 0.2) is 0 Å². The van der Waals surface area contributed by atoms with Crippen molar-refractivity contribution < 1.29 is 0 Å². The summed E-state index contributed by atoms with van der Waals surface area (Å²) in [4.78, 5) is 4.34. The maximum absolute atomic E-state index is 6.16. The lowest BCUT2D eigenvalue weighted by Gasteiger charge is -2.09. The summed E-state index contributed by atoms with van der Waals surface area (Å²) in [5, 5.41) is 0.709. The van der Waals surface area contributed by atoms with Crippen molar-refractivity contribution in [1.29, 1.82) is 0 Å². The van der Waals surface area contributed by atoms with Gasteiger partial charge in [-0.05, 0) is 24.1 Å². The van der Waals surface area contributed by atoms with Crippen molar-refractivity contribution in [2.24, 2.45) is 0 Å². The Hall–Kier alpha value is -1.48. The number of hydrogen-bond donors (Lipinski definition) is 1. The Morgan fingerprint density at radius 3 is 2.94 bits per heavy atom. The van der Waals surface area contributed by atoms with E-state index in [0.29, 0.717) is 10.7 Å². The number of rotatable bonds is 4. The molecule has 0 fully saturated rings. The number of anilines is 1. The van der Waals surface area contributed by atoms with Crippen molar-refractivity contribution >= 4 is 17.3 Å². The molecule has 0 saturated carbocycles. The molecule has 0 bridgehead atoms. The zero-order valence-electron chi connectivity index (χ0n) is 9.86.